The molecule has 1 atom stereocenters. The quantitative estimate of drug-likeness (QED) is 0.615. The van der Waals surface area contributed by atoms with Gasteiger partial charge in [-0.2, -0.15) is 0 Å². The summed E-state index contributed by atoms with van der Waals surface area (Å²) >= 11 is 0. The molecule has 0 aliphatic rings. The Bertz CT molecular complexity index is 193. The zero-order valence-electron chi connectivity index (χ0n) is 11.2. The van der Waals surface area contributed by atoms with Crippen molar-refractivity contribution in [2.75, 3.05) is 19.7 Å². The Balaban J connectivity index is 3.44. The van der Waals surface area contributed by atoms with Gasteiger partial charge in [0.15, 0.2) is 0 Å². The molecule has 0 saturated carbocycles. The number of ether oxygens (including phenoxy) is 1. The zero-order valence-corrected chi connectivity index (χ0v) is 11.2. The van der Waals surface area contributed by atoms with Crippen molar-refractivity contribution in [1.82, 2.24) is 10.6 Å². The average molecular weight is 230 g/mol. The summed E-state index contributed by atoms with van der Waals surface area (Å²) in [4.78, 5) is 11.4. The van der Waals surface area contributed by atoms with Gasteiger partial charge in [-0.1, -0.05) is 13.8 Å². The van der Waals surface area contributed by atoms with Gasteiger partial charge in [-0.05, 0) is 26.7 Å². The minimum absolute atomic E-state index is 0.0470. The smallest absolute Gasteiger partial charge is 0.234 e. The Labute approximate surface area is 99.1 Å². The van der Waals surface area contributed by atoms with E-state index in [-0.39, 0.29) is 18.1 Å². The van der Waals surface area contributed by atoms with Crippen LogP contribution in [0.2, 0.25) is 0 Å². The van der Waals surface area contributed by atoms with E-state index < -0.39 is 0 Å². The van der Waals surface area contributed by atoms with Crippen LogP contribution in [-0.4, -0.2) is 37.7 Å². The molecule has 0 radical (unpaired) electrons. The van der Waals surface area contributed by atoms with E-state index in [1.54, 1.807) is 0 Å². The number of carbonyl (C=O) groups is 1. The molecule has 4 nitrogen and oxygen atoms in total. The Morgan fingerprint density at radius 1 is 1.19 bits per heavy atom. The lowest BCUT2D eigenvalue weighted by Gasteiger charge is -2.17. The molecular formula is C12H26N2O2. The van der Waals surface area contributed by atoms with Crippen LogP contribution in [0.15, 0.2) is 0 Å². The van der Waals surface area contributed by atoms with Gasteiger partial charge in [0.2, 0.25) is 5.91 Å². The SMILES string of the molecule is CC(C)OCCNCC(=O)NC(C)C(C)C. The van der Waals surface area contributed by atoms with Crippen LogP contribution >= 0.6 is 0 Å². The number of hydrogen-bond acceptors (Lipinski definition) is 3. The van der Waals surface area contributed by atoms with Gasteiger partial charge in [-0.3, -0.25) is 4.79 Å². The monoisotopic (exact) mass is 230 g/mol. The van der Waals surface area contributed by atoms with Gasteiger partial charge in [-0.15, -0.1) is 0 Å². The fraction of sp³-hybridized carbons (Fsp3) is 0.917. The van der Waals surface area contributed by atoms with E-state index in [9.17, 15) is 4.79 Å². The molecule has 2 N–H and O–H groups in total. The van der Waals surface area contributed by atoms with E-state index in [1.165, 1.54) is 0 Å². The Kier molecular flexibility index (Phi) is 8.21. The predicted octanol–water partition coefficient (Wildman–Crippen LogP) is 1.16. The van der Waals surface area contributed by atoms with Crippen molar-refractivity contribution in [2.24, 2.45) is 5.92 Å². The van der Waals surface area contributed by atoms with Gasteiger partial charge in [0, 0.05) is 12.6 Å². The predicted molar refractivity (Wildman–Crippen MR) is 66.4 cm³/mol. The van der Waals surface area contributed by atoms with Gasteiger partial charge in [0.05, 0.1) is 19.3 Å². The summed E-state index contributed by atoms with van der Waals surface area (Å²) < 4.78 is 5.35. The van der Waals surface area contributed by atoms with Crippen molar-refractivity contribution in [1.29, 1.82) is 0 Å². The number of hydrogen-bond donors (Lipinski definition) is 2. The highest BCUT2D eigenvalue weighted by Crippen LogP contribution is 1.98. The molecular weight excluding hydrogens is 204 g/mol. The second kappa shape index (κ2) is 8.53. The van der Waals surface area contributed by atoms with Crippen molar-refractivity contribution >= 4 is 5.91 Å². The summed E-state index contributed by atoms with van der Waals surface area (Å²) in [6.07, 6.45) is 0.247. The van der Waals surface area contributed by atoms with Crippen LogP contribution < -0.4 is 10.6 Å². The molecule has 1 unspecified atom stereocenters. The number of carbonyl (C=O) groups excluding carboxylic acids is 1. The van der Waals surface area contributed by atoms with Crippen LogP contribution in [0.4, 0.5) is 0 Å². The summed E-state index contributed by atoms with van der Waals surface area (Å²) in [6, 6.07) is 0.223. The maximum atomic E-state index is 11.4. The second-order valence-electron chi connectivity index (χ2n) is 4.70. The van der Waals surface area contributed by atoms with Crippen molar-refractivity contribution in [2.45, 2.75) is 46.8 Å². The second-order valence-corrected chi connectivity index (χ2v) is 4.70. The molecule has 16 heavy (non-hydrogen) atoms. The van der Waals surface area contributed by atoms with Gasteiger partial charge in [0.1, 0.15) is 0 Å². The first-order chi connectivity index (χ1) is 7.43. The highest BCUT2D eigenvalue weighted by atomic mass is 16.5. The van der Waals surface area contributed by atoms with Crippen LogP contribution in [0.25, 0.3) is 0 Å². The zero-order chi connectivity index (χ0) is 12.6. The van der Waals surface area contributed by atoms with E-state index in [0.717, 1.165) is 0 Å². The van der Waals surface area contributed by atoms with Crippen molar-refractivity contribution < 1.29 is 9.53 Å². The molecule has 96 valence electrons. The van der Waals surface area contributed by atoms with Crippen molar-refractivity contribution in [3.05, 3.63) is 0 Å². The van der Waals surface area contributed by atoms with E-state index in [2.05, 4.69) is 24.5 Å². The third kappa shape index (κ3) is 8.68. The molecule has 0 aromatic rings. The normalized spacial score (nSPS) is 13.2. The summed E-state index contributed by atoms with van der Waals surface area (Å²) in [6.45, 7) is 11.9. The lowest BCUT2D eigenvalue weighted by Crippen LogP contribution is -2.41. The molecule has 0 aromatic heterocycles. The summed E-state index contributed by atoms with van der Waals surface area (Å²) in [7, 11) is 0. The van der Waals surface area contributed by atoms with Gasteiger partial charge in [-0.25, -0.2) is 0 Å². The van der Waals surface area contributed by atoms with Crippen LogP contribution in [0.1, 0.15) is 34.6 Å². The average Bonchev–Trinajstić information content (AvgIpc) is 2.16. The molecule has 0 heterocycles. The van der Waals surface area contributed by atoms with Crippen LogP contribution in [-0.2, 0) is 9.53 Å². The summed E-state index contributed by atoms with van der Waals surface area (Å²) in [5.41, 5.74) is 0. The van der Waals surface area contributed by atoms with Gasteiger partial charge < -0.3 is 15.4 Å². The van der Waals surface area contributed by atoms with Crippen LogP contribution in [0.3, 0.4) is 0 Å². The minimum atomic E-state index is 0.0470. The highest BCUT2D eigenvalue weighted by Gasteiger charge is 2.09. The fourth-order valence-corrected chi connectivity index (χ4v) is 1.04. The standard InChI is InChI=1S/C12H26N2O2/c1-9(2)11(5)14-12(15)8-13-6-7-16-10(3)4/h9-11,13H,6-8H2,1-5H3,(H,14,15). The Morgan fingerprint density at radius 2 is 1.81 bits per heavy atom. The molecule has 0 saturated heterocycles. The third-order valence-corrected chi connectivity index (χ3v) is 2.40. The topological polar surface area (TPSA) is 50.4 Å². The van der Waals surface area contributed by atoms with Crippen molar-refractivity contribution in [3.8, 4) is 0 Å². The lowest BCUT2D eigenvalue weighted by molar-refractivity contribution is -0.121. The Morgan fingerprint density at radius 3 is 2.31 bits per heavy atom. The fourth-order valence-electron chi connectivity index (χ4n) is 1.04. The molecule has 0 aromatic carbocycles. The maximum Gasteiger partial charge on any atom is 0.234 e. The van der Waals surface area contributed by atoms with Crippen molar-refractivity contribution in [3.63, 3.8) is 0 Å². The maximum absolute atomic E-state index is 11.4. The molecule has 1 amide bonds. The lowest BCUT2D eigenvalue weighted by atomic mass is 10.1. The first-order valence-electron chi connectivity index (χ1n) is 6.05. The molecule has 0 spiro atoms. The largest absolute Gasteiger partial charge is 0.377 e. The van der Waals surface area contributed by atoms with Crippen LogP contribution in [0.5, 0.6) is 0 Å². The van der Waals surface area contributed by atoms with Crippen LogP contribution in [0, 0.1) is 5.92 Å². The first-order valence-corrected chi connectivity index (χ1v) is 6.05. The summed E-state index contributed by atoms with van der Waals surface area (Å²) in [5, 5.41) is 5.98. The number of nitrogens with one attached hydrogen (secondary N) is 2. The van der Waals surface area contributed by atoms with E-state index in [4.69, 9.17) is 4.74 Å². The first kappa shape index (κ1) is 15.4. The van der Waals surface area contributed by atoms with E-state index in [0.29, 0.717) is 25.6 Å². The summed E-state index contributed by atoms with van der Waals surface area (Å²) in [5.74, 6) is 0.513. The third-order valence-electron chi connectivity index (χ3n) is 2.40. The Hall–Kier alpha value is -0.610. The molecule has 0 aliphatic heterocycles. The van der Waals surface area contributed by atoms with Gasteiger partial charge >= 0.3 is 0 Å². The molecule has 0 aliphatic carbocycles. The number of rotatable bonds is 8. The molecule has 0 rings (SSSR count). The number of amides is 1. The minimum Gasteiger partial charge on any atom is -0.377 e. The molecule has 4 heteroatoms. The van der Waals surface area contributed by atoms with E-state index in [1.807, 2.05) is 20.8 Å². The molecule has 0 fully saturated rings. The highest BCUT2D eigenvalue weighted by molar-refractivity contribution is 5.78. The van der Waals surface area contributed by atoms with Gasteiger partial charge in [0.25, 0.3) is 0 Å². The molecule has 0 bridgehead atoms. The van der Waals surface area contributed by atoms with E-state index >= 15 is 0 Å².